The van der Waals surface area contributed by atoms with Crippen molar-refractivity contribution in [3.63, 3.8) is 0 Å². The largest absolute Gasteiger partial charge is 0.462 e. The number of carbonyl (C=O) groups is 4. The Morgan fingerprint density at radius 1 is 0.956 bits per heavy atom. The molecule has 0 aliphatic heterocycles. The maximum absolute atomic E-state index is 14.9. The van der Waals surface area contributed by atoms with E-state index in [1.807, 2.05) is 6.92 Å². The zero-order valence-electron chi connectivity index (χ0n) is 28.9. The van der Waals surface area contributed by atoms with Gasteiger partial charge in [-0.05, 0) is 86.7 Å². The molecular weight excluding hydrogens is 572 g/mol. The van der Waals surface area contributed by atoms with E-state index in [-0.39, 0.29) is 23.5 Å². The molecule has 45 heavy (non-hydrogen) atoms. The molecule has 4 rings (SSSR count). The average molecular weight is 627 g/mol. The van der Waals surface area contributed by atoms with Gasteiger partial charge in [0, 0.05) is 32.1 Å². The van der Waals surface area contributed by atoms with Crippen LogP contribution in [0.3, 0.4) is 0 Å². The summed E-state index contributed by atoms with van der Waals surface area (Å²) in [5.74, 6) is -2.52. The van der Waals surface area contributed by atoms with E-state index < -0.39 is 64.0 Å². The van der Waals surface area contributed by atoms with Gasteiger partial charge in [-0.3, -0.25) is 19.2 Å². The lowest BCUT2D eigenvalue weighted by Gasteiger charge is -2.68. The maximum Gasteiger partial charge on any atom is 0.303 e. The van der Waals surface area contributed by atoms with Crippen molar-refractivity contribution in [2.75, 3.05) is 0 Å². The van der Waals surface area contributed by atoms with Gasteiger partial charge in [-0.1, -0.05) is 58.9 Å². The van der Waals surface area contributed by atoms with Crippen molar-refractivity contribution in [1.82, 2.24) is 0 Å². The molecule has 0 saturated heterocycles. The average Bonchev–Trinajstić information content (AvgIpc) is 2.95. The van der Waals surface area contributed by atoms with Gasteiger partial charge in [0.25, 0.3) is 0 Å². The van der Waals surface area contributed by atoms with E-state index in [1.54, 1.807) is 13.8 Å². The van der Waals surface area contributed by atoms with E-state index in [1.165, 1.54) is 31.9 Å². The Balaban J connectivity index is 1.86. The predicted octanol–water partition coefficient (Wildman–Crippen LogP) is 6.35. The van der Waals surface area contributed by atoms with Crippen LogP contribution in [0.2, 0.25) is 0 Å². The highest BCUT2D eigenvalue weighted by Crippen LogP contribution is 2.69. The second kappa shape index (κ2) is 12.5. The zero-order chi connectivity index (χ0) is 33.7. The standard InChI is InChI=1S/C37H54O8/c1-11-27-14-12-13-15-28(27)21(2)20-37(42)22(3)16-18-34(8)29(37)17-19-35(9)31(34)30(44-25(6)39)32(45-26(7)40)36(10,33(35)41)23(4)43-24(5)38/h12-15,21-23,29-32,42H,11,16-20H2,1-10H3/t21-,22-,23+,29+,30-,31+,32-,34-,35+,36-,37-/m0/s1. The van der Waals surface area contributed by atoms with Gasteiger partial charge in [0.05, 0.1) is 5.60 Å². The van der Waals surface area contributed by atoms with E-state index in [0.29, 0.717) is 19.3 Å². The second-order valence-electron chi connectivity index (χ2n) is 15.0. The molecule has 1 N–H and O–H groups in total. The molecule has 8 nitrogen and oxygen atoms in total. The topological polar surface area (TPSA) is 116 Å². The first-order valence-corrected chi connectivity index (χ1v) is 16.7. The first-order valence-electron chi connectivity index (χ1n) is 16.7. The highest BCUT2D eigenvalue weighted by atomic mass is 16.6. The lowest BCUT2D eigenvalue weighted by Crippen LogP contribution is -2.74. The normalized spacial score (nSPS) is 39.1. The van der Waals surface area contributed by atoms with Crippen molar-refractivity contribution in [2.45, 2.75) is 138 Å². The minimum absolute atomic E-state index is 0.0150. The summed E-state index contributed by atoms with van der Waals surface area (Å²) in [7, 11) is 0. The van der Waals surface area contributed by atoms with E-state index >= 15 is 0 Å². The highest BCUT2D eigenvalue weighted by molar-refractivity contribution is 5.93. The summed E-state index contributed by atoms with van der Waals surface area (Å²) in [4.78, 5) is 52.5. The van der Waals surface area contributed by atoms with E-state index in [4.69, 9.17) is 14.2 Å². The van der Waals surface area contributed by atoms with Crippen LogP contribution in [-0.4, -0.2) is 52.7 Å². The minimum atomic E-state index is -1.47. The Labute approximate surface area is 269 Å². The summed E-state index contributed by atoms with van der Waals surface area (Å²) in [5.41, 5.74) is -1.62. The number of hydrogen-bond donors (Lipinski definition) is 1. The lowest BCUT2D eigenvalue weighted by atomic mass is 9.37. The predicted molar refractivity (Wildman–Crippen MR) is 170 cm³/mol. The van der Waals surface area contributed by atoms with Crippen LogP contribution in [0.15, 0.2) is 24.3 Å². The first kappa shape index (κ1) is 35.1. The van der Waals surface area contributed by atoms with Gasteiger partial charge < -0.3 is 19.3 Å². The van der Waals surface area contributed by atoms with Gasteiger partial charge in [0.15, 0.2) is 11.9 Å². The van der Waals surface area contributed by atoms with Crippen molar-refractivity contribution in [1.29, 1.82) is 0 Å². The third-order valence-electron chi connectivity index (χ3n) is 12.3. The Morgan fingerprint density at radius 2 is 1.58 bits per heavy atom. The summed E-state index contributed by atoms with van der Waals surface area (Å²) < 4.78 is 17.7. The van der Waals surface area contributed by atoms with Crippen LogP contribution in [0.25, 0.3) is 0 Å². The van der Waals surface area contributed by atoms with Crippen LogP contribution in [-0.2, 0) is 39.8 Å². The molecule has 11 atom stereocenters. The Morgan fingerprint density at radius 3 is 2.16 bits per heavy atom. The van der Waals surface area contributed by atoms with Gasteiger partial charge in [-0.2, -0.15) is 0 Å². The molecule has 0 spiro atoms. The number of aryl methyl sites for hydroxylation is 1. The molecule has 3 fully saturated rings. The van der Waals surface area contributed by atoms with Gasteiger partial charge in [0.2, 0.25) is 0 Å². The van der Waals surface area contributed by atoms with Crippen molar-refractivity contribution in [3.8, 4) is 0 Å². The molecule has 250 valence electrons. The maximum atomic E-state index is 14.9. The fourth-order valence-electron chi connectivity index (χ4n) is 10.2. The summed E-state index contributed by atoms with van der Waals surface area (Å²) in [5, 5.41) is 12.9. The number of fused-ring (bicyclic) bond motifs is 3. The molecule has 3 saturated carbocycles. The number of hydrogen-bond acceptors (Lipinski definition) is 8. The molecule has 0 bridgehead atoms. The number of rotatable bonds is 8. The third kappa shape index (κ3) is 5.74. The fourth-order valence-corrected chi connectivity index (χ4v) is 10.2. The van der Waals surface area contributed by atoms with Crippen LogP contribution in [0.5, 0.6) is 0 Å². The molecule has 3 aliphatic rings. The molecule has 1 aromatic rings. The number of Topliss-reactive ketones (excluding diaryl/α,β-unsaturated/α-hetero) is 1. The van der Waals surface area contributed by atoms with Crippen molar-refractivity contribution < 1.29 is 38.5 Å². The molecule has 3 aliphatic carbocycles. The van der Waals surface area contributed by atoms with Crippen LogP contribution in [0, 0.1) is 34.0 Å². The number of carbonyl (C=O) groups excluding carboxylic acids is 4. The van der Waals surface area contributed by atoms with Crippen molar-refractivity contribution >= 4 is 23.7 Å². The number of aliphatic hydroxyl groups is 1. The Bertz CT molecular complexity index is 1320. The summed E-state index contributed by atoms with van der Waals surface area (Å²) >= 11 is 0. The molecule has 1 aromatic carbocycles. The monoisotopic (exact) mass is 626 g/mol. The lowest BCUT2D eigenvalue weighted by molar-refractivity contribution is -0.267. The van der Waals surface area contributed by atoms with Gasteiger partial charge in [-0.25, -0.2) is 0 Å². The molecule has 8 heteroatoms. The minimum Gasteiger partial charge on any atom is -0.462 e. The molecular formula is C37H54O8. The summed E-state index contributed by atoms with van der Waals surface area (Å²) in [6.07, 6.45) is 0.877. The third-order valence-corrected chi connectivity index (χ3v) is 12.3. The van der Waals surface area contributed by atoms with Crippen LogP contribution < -0.4 is 0 Å². The van der Waals surface area contributed by atoms with Crippen LogP contribution in [0.1, 0.15) is 118 Å². The molecule has 0 radical (unpaired) electrons. The number of ketones is 1. The van der Waals surface area contributed by atoms with Gasteiger partial charge >= 0.3 is 17.9 Å². The first-order chi connectivity index (χ1) is 20.9. The number of ether oxygens (including phenoxy) is 3. The Kier molecular flexibility index (Phi) is 9.72. The molecule has 0 heterocycles. The van der Waals surface area contributed by atoms with Gasteiger partial charge in [0.1, 0.15) is 17.6 Å². The quantitative estimate of drug-likeness (QED) is 0.262. The second-order valence-corrected chi connectivity index (χ2v) is 15.0. The number of benzene rings is 1. The Hall–Kier alpha value is -2.74. The van der Waals surface area contributed by atoms with Crippen LogP contribution >= 0.6 is 0 Å². The molecule has 0 amide bonds. The summed E-state index contributed by atoms with van der Waals surface area (Å²) in [6.45, 7) is 17.7. The highest BCUT2D eigenvalue weighted by Gasteiger charge is 2.74. The summed E-state index contributed by atoms with van der Waals surface area (Å²) in [6, 6.07) is 8.41. The van der Waals surface area contributed by atoms with Gasteiger partial charge in [-0.15, -0.1) is 0 Å². The molecule has 0 unspecified atom stereocenters. The molecule has 0 aromatic heterocycles. The fraction of sp³-hybridized carbons (Fsp3) is 0.730. The van der Waals surface area contributed by atoms with Crippen LogP contribution in [0.4, 0.5) is 0 Å². The smallest absolute Gasteiger partial charge is 0.303 e. The SMILES string of the molecule is CCc1ccccc1[C@@H](C)C[C@@]1(O)[C@@H]2CC[C@@]3(C)C(=O)[C@@](C)([C@@H](C)OC(C)=O)[C@@H](OC(C)=O)[C@@H](OC(C)=O)[C@@H]3[C@@]2(C)CC[C@@H]1C. The number of esters is 3. The van der Waals surface area contributed by atoms with Crippen molar-refractivity contribution in [2.24, 2.45) is 34.0 Å². The van der Waals surface area contributed by atoms with E-state index in [0.717, 1.165) is 19.3 Å². The van der Waals surface area contributed by atoms with E-state index in [2.05, 4.69) is 52.0 Å². The zero-order valence-corrected chi connectivity index (χ0v) is 28.9. The van der Waals surface area contributed by atoms with E-state index in [9.17, 15) is 24.3 Å². The van der Waals surface area contributed by atoms with Crippen molar-refractivity contribution in [3.05, 3.63) is 35.4 Å².